The molecule has 2 heteroatoms. The van der Waals surface area contributed by atoms with Crippen molar-refractivity contribution in [1.29, 1.82) is 0 Å². The van der Waals surface area contributed by atoms with Gasteiger partial charge in [-0.1, -0.05) is 26.3 Å². The van der Waals surface area contributed by atoms with Gasteiger partial charge in [-0.3, -0.25) is 4.68 Å². The number of rotatable bonds is 0. The minimum Gasteiger partial charge on any atom is -0.272 e. The van der Waals surface area contributed by atoms with E-state index in [9.17, 15) is 0 Å². The van der Waals surface area contributed by atoms with Crippen LogP contribution in [0, 0.1) is 5.41 Å². The monoisotopic (exact) mass is 204 g/mol. The summed E-state index contributed by atoms with van der Waals surface area (Å²) in [5.41, 5.74) is 6.02. The van der Waals surface area contributed by atoms with Gasteiger partial charge in [-0.15, -0.1) is 0 Å². The first kappa shape index (κ1) is 10.5. The highest BCUT2D eigenvalue weighted by Gasteiger charge is 2.28. The fraction of sp³-hybridized carbons (Fsp3) is 0.615. The molecule has 0 fully saturated rings. The molecule has 0 radical (unpaired) electrons. The highest BCUT2D eigenvalue weighted by Crippen LogP contribution is 2.42. The van der Waals surface area contributed by atoms with Crippen LogP contribution in [0.5, 0.6) is 0 Å². The molecular formula is C13H20N2. The summed E-state index contributed by atoms with van der Waals surface area (Å²) in [6.45, 7) is 9.12. The minimum absolute atomic E-state index is 0.224. The number of hydrogen-bond acceptors (Lipinski definition) is 1. The number of fused-ring (bicyclic) bond motifs is 1. The molecule has 0 aliphatic heterocycles. The molecule has 82 valence electrons. The molecule has 1 aromatic rings. The van der Waals surface area contributed by atoms with Crippen LogP contribution >= 0.6 is 0 Å². The highest BCUT2D eigenvalue weighted by molar-refractivity contribution is 5.74. The van der Waals surface area contributed by atoms with Gasteiger partial charge in [0.15, 0.2) is 0 Å². The van der Waals surface area contributed by atoms with Crippen molar-refractivity contribution in [3.05, 3.63) is 23.0 Å². The molecule has 0 spiro atoms. The molecule has 0 bridgehead atoms. The van der Waals surface area contributed by atoms with Crippen molar-refractivity contribution in [2.24, 2.45) is 12.5 Å². The van der Waals surface area contributed by atoms with Crippen LogP contribution in [0.1, 0.15) is 45.4 Å². The maximum atomic E-state index is 4.38. The van der Waals surface area contributed by atoms with Crippen LogP contribution in [-0.4, -0.2) is 9.78 Å². The lowest BCUT2D eigenvalue weighted by molar-refractivity contribution is 0.555. The van der Waals surface area contributed by atoms with E-state index in [1.54, 1.807) is 0 Å². The van der Waals surface area contributed by atoms with Gasteiger partial charge in [0.05, 0.1) is 6.20 Å². The average molecular weight is 204 g/mol. The van der Waals surface area contributed by atoms with E-state index in [1.165, 1.54) is 28.8 Å². The molecular weight excluding hydrogens is 184 g/mol. The van der Waals surface area contributed by atoms with Crippen LogP contribution < -0.4 is 0 Å². The first-order chi connectivity index (χ1) is 6.91. The van der Waals surface area contributed by atoms with Crippen LogP contribution in [0.3, 0.4) is 0 Å². The normalized spacial score (nSPS) is 16.9. The van der Waals surface area contributed by atoms with Gasteiger partial charge in [0.2, 0.25) is 0 Å². The van der Waals surface area contributed by atoms with Gasteiger partial charge in [0.1, 0.15) is 0 Å². The fourth-order valence-corrected chi connectivity index (χ4v) is 2.67. The number of aromatic nitrogens is 2. The van der Waals surface area contributed by atoms with Gasteiger partial charge in [0, 0.05) is 18.3 Å². The Morgan fingerprint density at radius 3 is 2.53 bits per heavy atom. The van der Waals surface area contributed by atoms with Crippen molar-refractivity contribution in [2.45, 2.75) is 40.5 Å². The van der Waals surface area contributed by atoms with Crippen molar-refractivity contribution in [3.8, 4) is 0 Å². The van der Waals surface area contributed by atoms with Crippen LogP contribution in [-0.2, 0) is 13.5 Å². The minimum atomic E-state index is 0.224. The van der Waals surface area contributed by atoms with Crippen LogP contribution in [0.2, 0.25) is 0 Å². The topological polar surface area (TPSA) is 17.8 Å². The second kappa shape index (κ2) is 3.22. The van der Waals surface area contributed by atoms with E-state index in [2.05, 4.69) is 32.8 Å². The Morgan fingerprint density at radius 2 is 1.93 bits per heavy atom. The van der Waals surface area contributed by atoms with Crippen LogP contribution in [0.15, 0.2) is 11.8 Å². The second-order valence-corrected chi connectivity index (χ2v) is 5.53. The number of hydrogen-bond donors (Lipinski definition) is 0. The maximum absolute atomic E-state index is 4.38. The van der Waals surface area contributed by atoms with Crippen LogP contribution in [0.4, 0.5) is 0 Å². The number of allylic oxidation sites excluding steroid dienone is 2. The zero-order valence-electron chi connectivity index (χ0n) is 10.4. The van der Waals surface area contributed by atoms with E-state index < -0.39 is 0 Å². The van der Waals surface area contributed by atoms with Gasteiger partial charge in [-0.05, 0) is 30.8 Å². The van der Waals surface area contributed by atoms with E-state index in [1.807, 2.05) is 17.9 Å². The lowest BCUT2D eigenvalue weighted by Crippen LogP contribution is -2.16. The lowest BCUT2D eigenvalue weighted by atomic mass is 9.76. The van der Waals surface area contributed by atoms with E-state index in [4.69, 9.17) is 0 Å². The molecule has 0 aromatic carbocycles. The molecule has 15 heavy (non-hydrogen) atoms. The Kier molecular flexibility index (Phi) is 2.25. The molecule has 1 aromatic heterocycles. The Balaban J connectivity index is 2.61. The molecule has 0 amide bonds. The summed E-state index contributed by atoms with van der Waals surface area (Å²) in [6, 6.07) is 0. The molecule has 0 saturated carbocycles. The summed E-state index contributed by atoms with van der Waals surface area (Å²) < 4.78 is 2.02. The van der Waals surface area contributed by atoms with Crippen molar-refractivity contribution in [1.82, 2.24) is 9.78 Å². The Morgan fingerprint density at radius 1 is 1.27 bits per heavy atom. The third-order valence-electron chi connectivity index (χ3n) is 3.24. The second-order valence-electron chi connectivity index (χ2n) is 5.53. The summed E-state index contributed by atoms with van der Waals surface area (Å²) in [7, 11) is 2.04. The molecule has 0 atom stereocenters. The van der Waals surface area contributed by atoms with Crippen molar-refractivity contribution in [3.63, 3.8) is 0 Å². The van der Waals surface area contributed by atoms with Gasteiger partial charge >= 0.3 is 0 Å². The van der Waals surface area contributed by atoms with E-state index in [0.29, 0.717) is 0 Å². The summed E-state index contributed by atoms with van der Waals surface area (Å²) in [5, 5.41) is 4.38. The predicted molar refractivity (Wildman–Crippen MR) is 63.6 cm³/mol. The largest absolute Gasteiger partial charge is 0.272 e. The zero-order valence-corrected chi connectivity index (χ0v) is 10.4. The molecule has 2 nitrogen and oxygen atoms in total. The Labute approximate surface area is 92.0 Å². The SMILES string of the molecule is CC1=C(C(C)(C)C)c2cnn(C)c2CC1. The van der Waals surface area contributed by atoms with E-state index >= 15 is 0 Å². The van der Waals surface area contributed by atoms with Gasteiger partial charge in [-0.25, -0.2) is 0 Å². The van der Waals surface area contributed by atoms with E-state index in [0.717, 1.165) is 6.42 Å². The fourth-order valence-electron chi connectivity index (χ4n) is 2.67. The molecule has 1 aliphatic rings. The first-order valence-corrected chi connectivity index (χ1v) is 5.62. The van der Waals surface area contributed by atoms with Gasteiger partial charge < -0.3 is 0 Å². The van der Waals surface area contributed by atoms with Crippen molar-refractivity contribution in [2.75, 3.05) is 0 Å². The zero-order chi connectivity index (χ0) is 11.2. The van der Waals surface area contributed by atoms with E-state index in [-0.39, 0.29) is 5.41 Å². The van der Waals surface area contributed by atoms with Crippen molar-refractivity contribution >= 4 is 5.57 Å². The number of nitrogens with zero attached hydrogens (tertiary/aromatic N) is 2. The summed E-state index contributed by atoms with van der Waals surface area (Å²) in [4.78, 5) is 0. The quantitative estimate of drug-likeness (QED) is 0.634. The summed E-state index contributed by atoms with van der Waals surface area (Å²) >= 11 is 0. The molecule has 2 rings (SSSR count). The molecule has 0 unspecified atom stereocenters. The van der Waals surface area contributed by atoms with Gasteiger partial charge in [-0.2, -0.15) is 5.10 Å². The predicted octanol–water partition coefficient (Wildman–Crippen LogP) is 3.19. The standard InChI is InChI=1S/C13H20N2/c1-9-6-7-11-10(8-14-15(11)5)12(9)13(2,3)4/h8H,6-7H2,1-5H3. The molecule has 0 N–H and O–H groups in total. The van der Waals surface area contributed by atoms with Crippen molar-refractivity contribution < 1.29 is 0 Å². The summed E-state index contributed by atoms with van der Waals surface area (Å²) in [5.74, 6) is 0. The Bertz CT molecular complexity index is 416. The van der Waals surface area contributed by atoms with Gasteiger partial charge in [0.25, 0.3) is 0 Å². The molecule has 1 aliphatic carbocycles. The third kappa shape index (κ3) is 1.62. The smallest absolute Gasteiger partial charge is 0.0568 e. The molecule has 1 heterocycles. The molecule has 0 saturated heterocycles. The average Bonchev–Trinajstić information content (AvgIpc) is 2.45. The maximum Gasteiger partial charge on any atom is 0.0568 e. The lowest BCUT2D eigenvalue weighted by Gasteiger charge is -2.29. The third-order valence-corrected chi connectivity index (χ3v) is 3.24. The summed E-state index contributed by atoms with van der Waals surface area (Å²) in [6.07, 6.45) is 4.34. The first-order valence-electron chi connectivity index (χ1n) is 5.62. The number of aryl methyl sites for hydroxylation is 1. The van der Waals surface area contributed by atoms with Crippen LogP contribution in [0.25, 0.3) is 5.57 Å². The Hall–Kier alpha value is -1.05. The highest BCUT2D eigenvalue weighted by atomic mass is 15.3.